The van der Waals surface area contributed by atoms with Crippen LogP contribution in [0.15, 0.2) is 30.9 Å². The number of carbonyl (C=O) groups is 1. The molecule has 1 saturated heterocycles. The second-order valence-electron chi connectivity index (χ2n) is 7.10. The molecule has 0 spiro atoms. The van der Waals surface area contributed by atoms with Gasteiger partial charge in [0.05, 0.1) is 5.56 Å². The lowest BCUT2D eigenvalue weighted by Gasteiger charge is -2.34. The van der Waals surface area contributed by atoms with Gasteiger partial charge in [-0.3, -0.25) is 4.79 Å². The van der Waals surface area contributed by atoms with Gasteiger partial charge in [-0.2, -0.15) is 0 Å². The largest absolute Gasteiger partial charge is 0.351 e. The maximum absolute atomic E-state index is 12.7. The summed E-state index contributed by atoms with van der Waals surface area (Å²) < 4.78 is 0. The molecule has 1 aliphatic heterocycles. The fourth-order valence-electron chi connectivity index (χ4n) is 3.69. The Labute approximate surface area is 159 Å². The van der Waals surface area contributed by atoms with E-state index in [0.717, 1.165) is 13.1 Å². The van der Waals surface area contributed by atoms with Crippen molar-refractivity contribution in [2.45, 2.75) is 38.1 Å². The molecule has 0 bridgehead atoms. The predicted molar refractivity (Wildman–Crippen MR) is 103 cm³/mol. The number of anilines is 2. The van der Waals surface area contributed by atoms with Crippen LogP contribution in [0.25, 0.3) is 0 Å². The Hall–Kier alpha value is -2.77. The Kier molecular flexibility index (Phi) is 5.41. The first-order chi connectivity index (χ1) is 13.3. The number of piperazine rings is 1. The van der Waals surface area contributed by atoms with Crippen LogP contribution in [-0.2, 0) is 0 Å². The predicted octanol–water partition coefficient (Wildman–Crippen LogP) is 1.97. The Morgan fingerprint density at radius 2 is 1.59 bits per heavy atom. The third-order valence-corrected chi connectivity index (χ3v) is 5.24. The van der Waals surface area contributed by atoms with Crippen LogP contribution in [0, 0.1) is 0 Å². The van der Waals surface area contributed by atoms with E-state index in [9.17, 15) is 4.79 Å². The fourth-order valence-corrected chi connectivity index (χ4v) is 3.69. The van der Waals surface area contributed by atoms with Crippen LogP contribution < -0.4 is 10.2 Å². The molecule has 142 valence electrons. The average Bonchev–Trinajstić information content (AvgIpc) is 2.75. The van der Waals surface area contributed by atoms with Gasteiger partial charge in [-0.15, -0.1) is 0 Å². The quantitative estimate of drug-likeness (QED) is 0.884. The van der Waals surface area contributed by atoms with Gasteiger partial charge in [0.1, 0.15) is 0 Å². The van der Waals surface area contributed by atoms with Crippen molar-refractivity contribution in [3.63, 3.8) is 0 Å². The van der Waals surface area contributed by atoms with Crippen molar-refractivity contribution < 1.29 is 4.79 Å². The highest BCUT2D eigenvalue weighted by Crippen LogP contribution is 2.20. The van der Waals surface area contributed by atoms with Crippen LogP contribution in [0.2, 0.25) is 0 Å². The third-order valence-electron chi connectivity index (χ3n) is 5.24. The molecule has 3 heterocycles. The van der Waals surface area contributed by atoms with Crippen molar-refractivity contribution in [3.8, 4) is 0 Å². The van der Waals surface area contributed by atoms with Crippen molar-refractivity contribution >= 4 is 17.8 Å². The summed E-state index contributed by atoms with van der Waals surface area (Å²) in [4.78, 5) is 33.9. The van der Waals surface area contributed by atoms with Gasteiger partial charge in [0.2, 0.25) is 11.9 Å². The molecule has 1 amide bonds. The molecule has 1 N–H and O–H groups in total. The summed E-state index contributed by atoms with van der Waals surface area (Å²) >= 11 is 0. The number of nitrogens with one attached hydrogen (secondary N) is 1. The van der Waals surface area contributed by atoms with Gasteiger partial charge in [0, 0.05) is 57.0 Å². The summed E-state index contributed by atoms with van der Waals surface area (Å²) in [5, 5.41) is 3.38. The van der Waals surface area contributed by atoms with E-state index in [4.69, 9.17) is 0 Å². The maximum Gasteiger partial charge on any atom is 0.257 e. The summed E-state index contributed by atoms with van der Waals surface area (Å²) in [6, 6.07) is 2.25. The fraction of sp³-hybridized carbons (Fsp3) is 0.526. The van der Waals surface area contributed by atoms with Crippen molar-refractivity contribution in [3.05, 3.63) is 36.4 Å². The number of nitrogens with zero attached hydrogens (tertiary/aromatic N) is 6. The van der Waals surface area contributed by atoms with Gasteiger partial charge in [-0.25, -0.2) is 19.9 Å². The highest BCUT2D eigenvalue weighted by Gasteiger charge is 2.24. The van der Waals surface area contributed by atoms with Gasteiger partial charge in [-0.05, 0) is 18.9 Å². The van der Waals surface area contributed by atoms with E-state index in [0.29, 0.717) is 36.6 Å². The van der Waals surface area contributed by atoms with Crippen molar-refractivity contribution in [1.82, 2.24) is 24.8 Å². The number of hydrogen-bond acceptors (Lipinski definition) is 7. The first kappa shape index (κ1) is 17.6. The Morgan fingerprint density at radius 3 is 2.26 bits per heavy atom. The molecule has 0 radical (unpaired) electrons. The molecule has 2 fully saturated rings. The van der Waals surface area contributed by atoms with Crippen molar-refractivity contribution in [2.24, 2.45) is 0 Å². The summed E-state index contributed by atoms with van der Waals surface area (Å²) in [6.07, 6.45) is 12.9. The molecule has 8 nitrogen and oxygen atoms in total. The van der Waals surface area contributed by atoms with Crippen LogP contribution in [0.4, 0.5) is 11.9 Å². The lowest BCUT2D eigenvalue weighted by molar-refractivity contribution is 0.0745. The molecule has 0 atom stereocenters. The molecule has 27 heavy (non-hydrogen) atoms. The molecular formula is C19H25N7O. The van der Waals surface area contributed by atoms with Crippen LogP contribution >= 0.6 is 0 Å². The molecule has 4 rings (SSSR count). The molecule has 1 saturated carbocycles. The second-order valence-corrected chi connectivity index (χ2v) is 7.10. The Morgan fingerprint density at radius 1 is 0.926 bits per heavy atom. The van der Waals surface area contributed by atoms with Crippen molar-refractivity contribution in [2.75, 3.05) is 36.4 Å². The number of aromatic nitrogens is 4. The number of amides is 1. The summed E-state index contributed by atoms with van der Waals surface area (Å²) in [6.45, 7) is 2.72. The minimum absolute atomic E-state index is 0.0205. The summed E-state index contributed by atoms with van der Waals surface area (Å²) in [5.41, 5.74) is 0.536. The van der Waals surface area contributed by atoms with E-state index in [1.54, 1.807) is 30.9 Å². The number of hydrogen-bond donors (Lipinski definition) is 1. The number of rotatable bonds is 4. The lowest BCUT2D eigenvalue weighted by Crippen LogP contribution is -2.49. The van der Waals surface area contributed by atoms with Crippen LogP contribution in [-0.4, -0.2) is 63.0 Å². The Balaban J connectivity index is 1.32. The maximum atomic E-state index is 12.7. The average molecular weight is 367 g/mol. The van der Waals surface area contributed by atoms with E-state index in [-0.39, 0.29) is 5.91 Å². The zero-order valence-electron chi connectivity index (χ0n) is 15.4. The van der Waals surface area contributed by atoms with Crippen molar-refractivity contribution in [1.29, 1.82) is 0 Å². The molecule has 8 heteroatoms. The highest BCUT2D eigenvalue weighted by atomic mass is 16.2. The molecule has 1 aliphatic carbocycles. The van der Waals surface area contributed by atoms with Gasteiger partial charge >= 0.3 is 0 Å². The molecule has 0 aromatic carbocycles. The lowest BCUT2D eigenvalue weighted by atomic mass is 9.96. The van der Waals surface area contributed by atoms with Crippen LogP contribution in [0.1, 0.15) is 42.5 Å². The smallest absolute Gasteiger partial charge is 0.257 e. The van der Waals surface area contributed by atoms with Gasteiger partial charge in [0.15, 0.2) is 0 Å². The van der Waals surface area contributed by atoms with E-state index >= 15 is 0 Å². The van der Waals surface area contributed by atoms with Crippen LogP contribution in [0.3, 0.4) is 0 Å². The molecule has 0 unspecified atom stereocenters. The van der Waals surface area contributed by atoms with E-state index in [1.165, 1.54) is 32.1 Å². The monoisotopic (exact) mass is 367 g/mol. The van der Waals surface area contributed by atoms with E-state index in [1.807, 2.05) is 4.90 Å². The number of carbonyl (C=O) groups excluding carboxylic acids is 1. The zero-order valence-corrected chi connectivity index (χ0v) is 15.4. The molecular weight excluding hydrogens is 342 g/mol. The van der Waals surface area contributed by atoms with Crippen LogP contribution in [0.5, 0.6) is 0 Å². The zero-order chi connectivity index (χ0) is 18.5. The first-order valence-electron chi connectivity index (χ1n) is 9.69. The summed E-state index contributed by atoms with van der Waals surface area (Å²) in [5.74, 6) is 1.31. The van der Waals surface area contributed by atoms with E-state index < -0.39 is 0 Å². The Bertz CT molecular complexity index is 738. The third kappa shape index (κ3) is 4.32. The first-order valence-corrected chi connectivity index (χ1v) is 9.69. The second kappa shape index (κ2) is 8.28. The summed E-state index contributed by atoms with van der Waals surface area (Å²) in [7, 11) is 0. The normalized spacial score (nSPS) is 18.4. The minimum atomic E-state index is -0.0205. The topological polar surface area (TPSA) is 87.1 Å². The van der Waals surface area contributed by atoms with Gasteiger partial charge in [-0.1, -0.05) is 19.3 Å². The standard InChI is InChI=1S/C19H25N7O/c27-17(25-9-11-26(12-10-25)19-20-7-4-8-21-19)15-13-22-18(23-14-15)24-16-5-2-1-3-6-16/h4,7-8,13-14,16H,1-3,5-6,9-12H2,(H,22,23,24). The highest BCUT2D eigenvalue weighted by molar-refractivity contribution is 5.93. The SMILES string of the molecule is O=C(c1cnc(NC2CCCCC2)nc1)N1CCN(c2ncccn2)CC1. The van der Waals surface area contributed by atoms with Gasteiger partial charge in [0.25, 0.3) is 5.91 Å². The molecule has 2 aromatic heterocycles. The molecule has 2 aromatic rings. The van der Waals surface area contributed by atoms with Gasteiger partial charge < -0.3 is 15.1 Å². The molecule has 2 aliphatic rings. The van der Waals surface area contributed by atoms with E-state index in [2.05, 4.69) is 30.2 Å². The minimum Gasteiger partial charge on any atom is -0.351 e.